The molecule has 0 saturated carbocycles. The number of rotatable bonds is 0. The van der Waals surface area contributed by atoms with E-state index in [4.69, 9.17) is 0 Å². The molecule has 1 aliphatic heterocycles. The van der Waals surface area contributed by atoms with Crippen LogP contribution < -0.4 is 14.0 Å². The molecule has 1 atom stereocenters. The van der Waals surface area contributed by atoms with Gasteiger partial charge >= 0.3 is 117 Å². The number of anilines is 2. The van der Waals surface area contributed by atoms with E-state index in [0.29, 0.717) is 0 Å². The summed E-state index contributed by atoms with van der Waals surface area (Å²) >= 11 is -1.13. The Morgan fingerprint density at radius 2 is 1.58 bits per heavy atom. The fraction of sp³-hybridized carbons (Fsp3) is 0.0588. The number of para-hydroxylation sites is 1. The van der Waals surface area contributed by atoms with Gasteiger partial charge in [0.2, 0.25) is 0 Å². The van der Waals surface area contributed by atoms with Crippen molar-refractivity contribution in [2.24, 2.45) is 0 Å². The average molecular weight is 307 g/mol. The van der Waals surface area contributed by atoms with E-state index in [-0.39, 0.29) is 0 Å². The van der Waals surface area contributed by atoms with Crippen molar-refractivity contribution in [3.8, 4) is 0 Å². The van der Waals surface area contributed by atoms with Gasteiger partial charge in [-0.25, -0.2) is 0 Å². The van der Waals surface area contributed by atoms with Gasteiger partial charge in [-0.2, -0.15) is 0 Å². The molecule has 1 aliphatic rings. The van der Waals surface area contributed by atoms with Gasteiger partial charge in [-0.05, 0) is 0 Å². The van der Waals surface area contributed by atoms with Crippen LogP contribution in [-0.2, 0) is 0 Å². The minimum atomic E-state index is -1.13. The Bertz CT molecular complexity index is 779. The van der Waals surface area contributed by atoms with Crippen LogP contribution in [0.1, 0.15) is 0 Å². The zero-order valence-corrected chi connectivity index (χ0v) is 12.6. The molecule has 4 rings (SSSR count). The molecule has 19 heavy (non-hydrogen) atoms. The molecule has 3 aromatic rings. The molecule has 2 heteroatoms. The molecular formula is C17H14AsN. The van der Waals surface area contributed by atoms with Crippen molar-refractivity contribution in [3.63, 3.8) is 0 Å². The third-order valence-electron chi connectivity index (χ3n) is 3.79. The predicted octanol–water partition coefficient (Wildman–Crippen LogP) is 3.14. The molecule has 1 heterocycles. The van der Waals surface area contributed by atoms with Gasteiger partial charge in [-0.15, -0.1) is 0 Å². The summed E-state index contributed by atoms with van der Waals surface area (Å²) in [4.78, 5) is 0. The summed E-state index contributed by atoms with van der Waals surface area (Å²) in [7, 11) is 0. The zero-order chi connectivity index (χ0) is 12.8. The second-order valence-corrected chi connectivity index (χ2v) is 9.25. The van der Waals surface area contributed by atoms with E-state index in [2.05, 4.69) is 71.7 Å². The topological polar surface area (TPSA) is 12.0 Å². The van der Waals surface area contributed by atoms with Crippen molar-refractivity contribution in [1.29, 1.82) is 0 Å². The molecule has 0 radical (unpaired) electrons. The standard InChI is InChI=1S/C17H14AsN/c1-18-14-8-4-5-9-16(14)19-17-13-7-3-2-6-12(13)10-11-15(17)18/h2-11,19H,1H3. The molecule has 1 nitrogen and oxygen atoms in total. The summed E-state index contributed by atoms with van der Waals surface area (Å²) in [5, 5.41) is 6.31. The van der Waals surface area contributed by atoms with Crippen molar-refractivity contribution < 1.29 is 0 Å². The number of fused-ring (bicyclic) bond motifs is 4. The van der Waals surface area contributed by atoms with Gasteiger partial charge in [0.1, 0.15) is 0 Å². The molecular weight excluding hydrogens is 293 g/mol. The maximum absolute atomic E-state index is 3.65. The van der Waals surface area contributed by atoms with Gasteiger partial charge in [0.05, 0.1) is 0 Å². The monoisotopic (exact) mass is 307 g/mol. The van der Waals surface area contributed by atoms with Crippen LogP contribution in [0.4, 0.5) is 11.4 Å². The molecule has 0 saturated heterocycles. The predicted molar refractivity (Wildman–Crippen MR) is 84.6 cm³/mol. The van der Waals surface area contributed by atoms with Crippen LogP contribution in [0.5, 0.6) is 0 Å². The molecule has 1 N–H and O–H groups in total. The number of hydrogen-bond acceptors (Lipinski definition) is 1. The van der Waals surface area contributed by atoms with Gasteiger partial charge in [0, 0.05) is 0 Å². The maximum atomic E-state index is 3.65. The number of hydrogen-bond donors (Lipinski definition) is 1. The summed E-state index contributed by atoms with van der Waals surface area (Å²) in [5.41, 5.74) is 5.06. The number of benzene rings is 3. The van der Waals surface area contributed by atoms with Crippen LogP contribution in [0.2, 0.25) is 5.71 Å². The molecule has 0 aliphatic carbocycles. The van der Waals surface area contributed by atoms with E-state index < -0.39 is 14.7 Å². The zero-order valence-electron chi connectivity index (χ0n) is 10.7. The van der Waals surface area contributed by atoms with Crippen LogP contribution in [0.15, 0.2) is 60.7 Å². The van der Waals surface area contributed by atoms with Gasteiger partial charge in [-0.3, -0.25) is 0 Å². The first-order valence-electron chi connectivity index (χ1n) is 6.46. The Morgan fingerprint density at radius 3 is 2.53 bits per heavy atom. The molecule has 0 fully saturated rings. The van der Waals surface area contributed by atoms with Crippen molar-refractivity contribution >= 4 is 45.5 Å². The van der Waals surface area contributed by atoms with Crippen LogP contribution >= 0.6 is 0 Å². The molecule has 0 spiro atoms. The third kappa shape index (κ3) is 1.62. The van der Waals surface area contributed by atoms with Crippen LogP contribution in [-0.4, -0.2) is 14.7 Å². The fourth-order valence-corrected chi connectivity index (χ4v) is 6.73. The SMILES string of the molecule is C[As]1c2ccccc2Nc2c1ccc1ccccc21. The Morgan fingerprint density at radius 1 is 0.789 bits per heavy atom. The third-order valence-corrected chi connectivity index (χ3v) is 8.43. The van der Waals surface area contributed by atoms with Crippen LogP contribution in [0.25, 0.3) is 10.8 Å². The summed E-state index contributed by atoms with van der Waals surface area (Å²) in [5.74, 6) is 0. The second-order valence-electron chi connectivity index (χ2n) is 4.88. The first kappa shape index (κ1) is 11.1. The minimum absolute atomic E-state index is 1.13. The molecule has 1 unspecified atom stereocenters. The Hall–Kier alpha value is -1.72. The normalized spacial score (nSPS) is 16.6. The fourth-order valence-electron chi connectivity index (χ4n) is 2.81. The van der Waals surface area contributed by atoms with E-state index in [1.165, 1.54) is 30.8 Å². The van der Waals surface area contributed by atoms with Crippen LogP contribution in [0.3, 0.4) is 0 Å². The first-order chi connectivity index (χ1) is 9.34. The van der Waals surface area contributed by atoms with E-state index in [0.717, 1.165) is 0 Å². The summed E-state index contributed by atoms with van der Waals surface area (Å²) in [6, 6.07) is 22.0. The van der Waals surface area contributed by atoms with E-state index in [1.54, 1.807) is 0 Å². The number of nitrogens with one attached hydrogen (secondary N) is 1. The second kappa shape index (κ2) is 4.14. The molecule has 0 amide bonds. The van der Waals surface area contributed by atoms with Crippen molar-refractivity contribution in [3.05, 3.63) is 60.7 Å². The first-order valence-corrected chi connectivity index (χ1v) is 10.2. The molecule has 0 bridgehead atoms. The summed E-state index contributed by atoms with van der Waals surface area (Å²) in [6.07, 6.45) is 0. The molecule has 0 aromatic heterocycles. The van der Waals surface area contributed by atoms with Crippen molar-refractivity contribution in [1.82, 2.24) is 0 Å². The Balaban J connectivity index is 2.02. The van der Waals surface area contributed by atoms with E-state index in [9.17, 15) is 0 Å². The molecule has 3 aromatic carbocycles. The Kier molecular flexibility index (Phi) is 2.43. The van der Waals surface area contributed by atoms with Gasteiger partial charge < -0.3 is 0 Å². The quantitative estimate of drug-likeness (QED) is 0.629. The van der Waals surface area contributed by atoms with Crippen molar-refractivity contribution in [2.75, 3.05) is 5.32 Å². The van der Waals surface area contributed by atoms with E-state index >= 15 is 0 Å². The molecule has 92 valence electrons. The van der Waals surface area contributed by atoms with E-state index in [1.807, 2.05) is 0 Å². The summed E-state index contributed by atoms with van der Waals surface area (Å²) in [6.45, 7) is 0. The van der Waals surface area contributed by atoms with Gasteiger partial charge in [0.25, 0.3) is 0 Å². The van der Waals surface area contributed by atoms with Crippen molar-refractivity contribution in [2.45, 2.75) is 5.71 Å². The van der Waals surface area contributed by atoms with Gasteiger partial charge in [-0.1, -0.05) is 0 Å². The Labute approximate surface area is 117 Å². The van der Waals surface area contributed by atoms with Crippen LogP contribution in [0, 0.1) is 0 Å². The van der Waals surface area contributed by atoms with Gasteiger partial charge in [0.15, 0.2) is 0 Å². The average Bonchev–Trinajstić information content (AvgIpc) is 2.47. The summed E-state index contributed by atoms with van der Waals surface area (Å²) < 4.78 is 3.06.